The average Bonchev–Trinajstić information content (AvgIpc) is 1.99. The Morgan fingerprint density at radius 3 is 0.895 bits per heavy atom. The standard InChI is InChI=1S/B5O8.K.5H2O/c6-1-7-2(6)11-5(10-1)12-3-8-4(9-3)13-5;;;;;;/h;;5*1H2/q-1;+1;;;;;. The van der Waals surface area contributed by atoms with Crippen LogP contribution < -0.4 is 51.4 Å². The van der Waals surface area contributed by atoms with Crippen molar-refractivity contribution >= 4 is 36.2 Å². The molecule has 6 heterocycles. The van der Waals surface area contributed by atoms with Crippen molar-refractivity contribution in [2.24, 2.45) is 0 Å². The van der Waals surface area contributed by atoms with Gasteiger partial charge >= 0.3 is 87.6 Å². The van der Waals surface area contributed by atoms with E-state index in [1.165, 1.54) is 0 Å². The van der Waals surface area contributed by atoms with Crippen molar-refractivity contribution < 1.29 is 115 Å². The molecule has 0 aromatic rings. The number of hydrogen-bond donors (Lipinski definition) is 0. The van der Waals surface area contributed by atoms with Crippen LogP contribution in [-0.2, 0) is 36.6 Å². The Morgan fingerprint density at radius 1 is 0.474 bits per heavy atom. The number of hydrogen-bond acceptors (Lipinski definition) is 8. The van der Waals surface area contributed by atoms with Gasteiger partial charge in [-0.3, -0.25) is 0 Å². The van der Waals surface area contributed by atoms with E-state index in [1.54, 1.807) is 0 Å². The fourth-order valence-corrected chi connectivity index (χ4v) is 1.38. The maximum absolute atomic E-state index is 5.07. The third-order valence-electron chi connectivity index (χ3n) is 2.00. The van der Waals surface area contributed by atoms with Crippen molar-refractivity contribution in [1.82, 2.24) is 0 Å². The van der Waals surface area contributed by atoms with Gasteiger partial charge < -0.3 is 64.0 Å². The van der Waals surface area contributed by atoms with E-state index in [4.69, 9.17) is 36.6 Å². The molecule has 10 N–H and O–H groups in total. The van der Waals surface area contributed by atoms with Gasteiger partial charge in [0.05, 0.1) is 0 Å². The first-order chi connectivity index (χ1) is 6.31. The molecule has 6 saturated heterocycles. The van der Waals surface area contributed by atoms with Crippen molar-refractivity contribution in [3.8, 4) is 0 Å². The molecule has 0 aromatic carbocycles. The topological polar surface area (TPSA) is 231 Å². The monoisotopic (exact) mass is 312 g/mol. The normalized spacial score (nSPS) is 22.7. The summed E-state index contributed by atoms with van der Waals surface area (Å²) in [4.78, 5) is 0. The van der Waals surface area contributed by atoms with E-state index in [0.29, 0.717) is 0 Å². The summed E-state index contributed by atoms with van der Waals surface area (Å²) in [6.07, 6.45) is 0. The van der Waals surface area contributed by atoms with Crippen LogP contribution in [0.2, 0.25) is 0 Å². The van der Waals surface area contributed by atoms with Gasteiger partial charge in [-0.2, -0.15) is 0 Å². The zero-order chi connectivity index (χ0) is 8.47. The molecule has 13 nitrogen and oxygen atoms in total. The van der Waals surface area contributed by atoms with Crippen LogP contribution in [0.3, 0.4) is 0 Å². The van der Waals surface area contributed by atoms with Gasteiger partial charge in [0.25, 0.3) is 0 Å². The second-order valence-electron chi connectivity index (χ2n) is 2.82. The smallest absolute Gasteiger partial charge is 0.540 e. The Kier molecular flexibility index (Phi) is 11.7. The van der Waals surface area contributed by atoms with E-state index >= 15 is 0 Å². The molecule has 0 radical (unpaired) electrons. The second kappa shape index (κ2) is 8.78. The molecular weight excluding hydrogens is 301 g/mol. The zero-order valence-electron chi connectivity index (χ0n) is 9.65. The Labute approximate surface area is 150 Å². The minimum atomic E-state index is -2.27. The minimum Gasteiger partial charge on any atom is -0.540 e. The van der Waals surface area contributed by atoms with Crippen LogP contribution in [-0.4, -0.2) is 63.6 Å². The molecule has 0 amide bonds. The van der Waals surface area contributed by atoms with Crippen molar-refractivity contribution in [3.05, 3.63) is 0 Å². The summed E-state index contributed by atoms with van der Waals surface area (Å²) in [6.45, 7) is -2.27. The van der Waals surface area contributed by atoms with Gasteiger partial charge in [0.1, 0.15) is 0 Å². The van der Waals surface area contributed by atoms with E-state index in [2.05, 4.69) is 0 Å². The van der Waals surface area contributed by atoms with Crippen LogP contribution >= 0.6 is 0 Å². The van der Waals surface area contributed by atoms with Crippen LogP contribution in [0.25, 0.3) is 0 Å². The van der Waals surface area contributed by atoms with Gasteiger partial charge in [-0.1, -0.05) is 0 Å². The Balaban J connectivity index is -0.000000427. The second-order valence-corrected chi connectivity index (χ2v) is 2.82. The molecule has 6 aliphatic heterocycles. The van der Waals surface area contributed by atoms with Gasteiger partial charge in [0.2, 0.25) is 0 Å². The first kappa shape index (κ1) is 25.4. The molecule has 6 fully saturated rings. The van der Waals surface area contributed by atoms with E-state index in [9.17, 15) is 0 Å². The van der Waals surface area contributed by atoms with Gasteiger partial charge in [-0.25, -0.2) is 0 Å². The van der Waals surface area contributed by atoms with E-state index in [1.807, 2.05) is 0 Å². The van der Waals surface area contributed by atoms with E-state index in [-0.39, 0.29) is 78.8 Å². The van der Waals surface area contributed by atoms with Gasteiger partial charge in [-0.05, 0) is 0 Å². The first-order valence-corrected chi connectivity index (χ1v) is 3.77. The Hall–Kier alpha value is 1.44. The molecule has 0 aliphatic carbocycles. The van der Waals surface area contributed by atoms with Crippen molar-refractivity contribution in [2.45, 2.75) is 0 Å². The molecule has 6 rings (SSSR count). The Morgan fingerprint density at radius 2 is 0.684 bits per heavy atom. The predicted molar refractivity (Wildman–Crippen MR) is 55.5 cm³/mol. The quantitative estimate of drug-likeness (QED) is 0.388. The molecule has 1 spiro atoms. The number of rotatable bonds is 0. The molecule has 0 aromatic heterocycles. The molecule has 0 unspecified atom stereocenters. The van der Waals surface area contributed by atoms with Crippen LogP contribution in [0.4, 0.5) is 0 Å². The third-order valence-corrected chi connectivity index (χ3v) is 2.00. The molecule has 104 valence electrons. The van der Waals surface area contributed by atoms with Gasteiger partial charge in [-0.15, -0.1) is 0 Å². The fourth-order valence-electron chi connectivity index (χ4n) is 1.38. The third kappa shape index (κ3) is 4.22. The van der Waals surface area contributed by atoms with E-state index in [0.717, 1.165) is 0 Å². The van der Waals surface area contributed by atoms with E-state index < -0.39 is 36.2 Å². The van der Waals surface area contributed by atoms with Crippen molar-refractivity contribution in [3.63, 3.8) is 0 Å². The van der Waals surface area contributed by atoms with Crippen LogP contribution in [0.1, 0.15) is 0 Å². The summed E-state index contributed by atoms with van der Waals surface area (Å²) in [6, 6.07) is 0. The summed E-state index contributed by atoms with van der Waals surface area (Å²) < 4.78 is 39.7. The Bertz CT molecular complexity index is 202. The van der Waals surface area contributed by atoms with Crippen LogP contribution in [0.15, 0.2) is 0 Å². The zero-order valence-corrected chi connectivity index (χ0v) is 12.8. The van der Waals surface area contributed by atoms with Gasteiger partial charge in [0, 0.05) is 0 Å². The largest absolute Gasteiger partial charge is 1.00 e. The maximum atomic E-state index is 5.07. The molecule has 6 aliphatic rings. The summed E-state index contributed by atoms with van der Waals surface area (Å²) in [5, 5.41) is 0. The average molecular weight is 311 g/mol. The minimum absolute atomic E-state index is 0. The van der Waals surface area contributed by atoms with Crippen LogP contribution in [0, 0.1) is 0 Å². The SMILES string of the molecule is O.O.O.O.O.O1B2OB1O[B-]1(O2)OB2OB(O2)O1.[K+]. The summed E-state index contributed by atoms with van der Waals surface area (Å²) >= 11 is 0. The predicted octanol–water partition coefficient (Wildman–Crippen LogP) is -9.57. The summed E-state index contributed by atoms with van der Waals surface area (Å²) in [5.74, 6) is 0. The summed E-state index contributed by atoms with van der Waals surface area (Å²) in [7, 11) is -3.13. The molecular formula is H10B5KO13. The van der Waals surface area contributed by atoms with Crippen molar-refractivity contribution in [2.75, 3.05) is 0 Å². The first-order valence-electron chi connectivity index (χ1n) is 3.77. The maximum Gasteiger partial charge on any atom is 1.00 e. The fraction of sp³-hybridized carbons (Fsp3) is 0. The molecule has 19 heteroatoms. The van der Waals surface area contributed by atoms with Crippen LogP contribution in [0.5, 0.6) is 0 Å². The molecule has 0 saturated carbocycles. The summed E-state index contributed by atoms with van der Waals surface area (Å²) in [5.41, 5.74) is 0. The van der Waals surface area contributed by atoms with Gasteiger partial charge in [0.15, 0.2) is 0 Å². The molecule has 19 heavy (non-hydrogen) atoms. The van der Waals surface area contributed by atoms with Crippen molar-refractivity contribution in [1.29, 1.82) is 0 Å². The molecule has 0 atom stereocenters. The molecule has 4 bridgehead atoms.